The van der Waals surface area contributed by atoms with Crippen LogP contribution < -0.4 is 5.56 Å². The van der Waals surface area contributed by atoms with Gasteiger partial charge in [0.2, 0.25) is 0 Å². The van der Waals surface area contributed by atoms with Crippen molar-refractivity contribution in [1.29, 1.82) is 0 Å². The number of aliphatic carboxylic acids is 1. The first-order valence-electron chi connectivity index (χ1n) is 8.71. The molecule has 2 aromatic heterocycles. The molecule has 0 fully saturated rings. The Balaban J connectivity index is 2.23. The van der Waals surface area contributed by atoms with Crippen LogP contribution >= 0.6 is 11.3 Å². The molecule has 0 spiro atoms. The highest BCUT2D eigenvalue weighted by Gasteiger charge is 2.32. The van der Waals surface area contributed by atoms with Crippen LogP contribution in [-0.2, 0) is 24.2 Å². The number of aryl methyl sites for hydroxylation is 2. The standard InChI is InChI=1S/C18H24N2O3S/c1-4-13-19-16-15(17(21)20(13)9-8-10(2)3)14-11(18(22)23)6-5-7-12(14)24-16/h10-11H,4-9H2,1-3H3,(H,22,23). The van der Waals surface area contributed by atoms with Crippen molar-refractivity contribution in [3.8, 4) is 0 Å². The second-order valence-electron chi connectivity index (χ2n) is 6.92. The molecule has 1 aliphatic rings. The zero-order chi connectivity index (χ0) is 17.4. The quantitative estimate of drug-likeness (QED) is 0.896. The van der Waals surface area contributed by atoms with Crippen LogP contribution in [0.1, 0.15) is 62.2 Å². The second kappa shape index (κ2) is 6.67. The van der Waals surface area contributed by atoms with E-state index in [4.69, 9.17) is 4.98 Å². The topological polar surface area (TPSA) is 72.2 Å². The Morgan fingerprint density at radius 1 is 1.46 bits per heavy atom. The van der Waals surface area contributed by atoms with Crippen molar-refractivity contribution in [3.63, 3.8) is 0 Å². The van der Waals surface area contributed by atoms with Crippen LogP contribution in [0.2, 0.25) is 0 Å². The van der Waals surface area contributed by atoms with Gasteiger partial charge in [-0.15, -0.1) is 11.3 Å². The van der Waals surface area contributed by atoms with Crippen molar-refractivity contribution >= 4 is 27.5 Å². The maximum atomic E-state index is 13.2. The smallest absolute Gasteiger partial charge is 0.311 e. The summed E-state index contributed by atoms with van der Waals surface area (Å²) in [6, 6.07) is 0. The Morgan fingerprint density at radius 3 is 2.83 bits per heavy atom. The van der Waals surface area contributed by atoms with Crippen molar-refractivity contribution in [2.75, 3.05) is 0 Å². The summed E-state index contributed by atoms with van der Waals surface area (Å²) in [6.45, 7) is 6.92. The third-order valence-corrected chi connectivity index (χ3v) is 5.95. The van der Waals surface area contributed by atoms with Crippen LogP contribution in [-0.4, -0.2) is 20.6 Å². The Labute approximate surface area is 145 Å². The van der Waals surface area contributed by atoms with Crippen LogP contribution in [0.4, 0.5) is 0 Å². The first kappa shape index (κ1) is 17.1. The lowest BCUT2D eigenvalue weighted by Crippen LogP contribution is -2.27. The number of fused-ring (bicyclic) bond motifs is 3. The van der Waals surface area contributed by atoms with E-state index in [1.165, 1.54) is 11.3 Å². The number of carboxylic acids is 1. The molecule has 5 nitrogen and oxygen atoms in total. The Hall–Kier alpha value is -1.69. The van der Waals surface area contributed by atoms with Crippen molar-refractivity contribution < 1.29 is 9.90 Å². The number of rotatable bonds is 5. The summed E-state index contributed by atoms with van der Waals surface area (Å²) in [5.74, 6) is -0.0922. The van der Waals surface area contributed by atoms with E-state index in [0.717, 1.165) is 40.4 Å². The van der Waals surface area contributed by atoms with Gasteiger partial charge >= 0.3 is 5.97 Å². The predicted molar refractivity (Wildman–Crippen MR) is 96.0 cm³/mol. The molecular weight excluding hydrogens is 324 g/mol. The lowest BCUT2D eigenvalue weighted by Gasteiger charge is -2.19. The molecule has 6 heteroatoms. The van der Waals surface area contributed by atoms with Crippen LogP contribution in [0.5, 0.6) is 0 Å². The van der Waals surface area contributed by atoms with Gasteiger partial charge in [0.1, 0.15) is 10.7 Å². The largest absolute Gasteiger partial charge is 0.481 e. The average Bonchev–Trinajstić information content (AvgIpc) is 2.91. The van der Waals surface area contributed by atoms with Crippen LogP contribution in [0.25, 0.3) is 10.2 Å². The Bertz CT molecular complexity index is 835. The normalized spacial score (nSPS) is 17.4. The van der Waals surface area contributed by atoms with Crippen LogP contribution in [0.15, 0.2) is 4.79 Å². The molecule has 2 heterocycles. The summed E-state index contributed by atoms with van der Waals surface area (Å²) in [7, 11) is 0. The number of hydrogen-bond donors (Lipinski definition) is 1. The molecular formula is C18H24N2O3S. The summed E-state index contributed by atoms with van der Waals surface area (Å²) >= 11 is 1.51. The summed E-state index contributed by atoms with van der Waals surface area (Å²) in [4.78, 5) is 31.3. The molecule has 0 saturated carbocycles. The molecule has 2 aromatic rings. The van der Waals surface area contributed by atoms with Crippen molar-refractivity contribution in [2.45, 2.75) is 65.3 Å². The molecule has 24 heavy (non-hydrogen) atoms. The monoisotopic (exact) mass is 348 g/mol. The van der Waals surface area contributed by atoms with E-state index < -0.39 is 11.9 Å². The van der Waals surface area contributed by atoms with Crippen LogP contribution in [0, 0.1) is 5.92 Å². The van der Waals surface area contributed by atoms with E-state index in [-0.39, 0.29) is 5.56 Å². The molecule has 1 N–H and O–H groups in total. The Morgan fingerprint density at radius 2 is 2.21 bits per heavy atom. The molecule has 0 bridgehead atoms. The summed E-state index contributed by atoms with van der Waals surface area (Å²) in [5.41, 5.74) is 0.690. The number of carboxylic acid groups (broad SMARTS) is 1. The minimum atomic E-state index is -0.830. The highest BCUT2D eigenvalue weighted by Crippen LogP contribution is 2.40. The first-order valence-corrected chi connectivity index (χ1v) is 9.53. The zero-order valence-electron chi connectivity index (χ0n) is 14.5. The number of thiophene rings is 1. The number of nitrogens with zero attached hydrogens (tertiary/aromatic N) is 2. The zero-order valence-corrected chi connectivity index (χ0v) is 15.3. The molecule has 1 aliphatic carbocycles. The molecule has 1 atom stereocenters. The molecule has 0 aliphatic heterocycles. The molecule has 1 unspecified atom stereocenters. The van der Waals surface area contributed by atoms with Gasteiger partial charge < -0.3 is 5.11 Å². The predicted octanol–water partition coefficient (Wildman–Crippen LogP) is 3.57. The minimum Gasteiger partial charge on any atom is -0.481 e. The van der Waals surface area contributed by atoms with Gasteiger partial charge in [-0.25, -0.2) is 4.98 Å². The number of aromatic nitrogens is 2. The van der Waals surface area contributed by atoms with Gasteiger partial charge in [0.25, 0.3) is 5.56 Å². The van der Waals surface area contributed by atoms with E-state index in [9.17, 15) is 14.7 Å². The van der Waals surface area contributed by atoms with Gasteiger partial charge in [-0.2, -0.15) is 0 Å². The minimum absolute atomic E-state index is 0.0526. The summed E-state index contributed by atoms with van der Waals surface area (Å²) in [5, 5.41) is 10.1. The lowest BCUT2D eigenvalue weighted by atomic mass is 9.86. The fourth-order valence-corrected chi connectivity index (χ4v) is 4.78. The highest BCUT2D eigenvalue weighted by atomic mass is 32.1. The van der Waals surface area contributed by atoms with Gasteiger partial charge in [0, 0.05) is 17.8 Å². The summed E-state index contributed by atoms with van der Waals surface area (Å²) in [6.07, 6.45) is 3.93. The van der Waals surface area contributed by atoms with Gasteiger partial charge in [-0.3, -0.25) is 14.2 Å². The fraction of sp³-hybridized carbons (Fsp3) is 0.611. The van der Waals surface area contributed by atoms with Gasteiger partial charge in [0.15, 0.2) is 0 Å². The highest BCUT2D eigenvalue weighted by molar-refractivity contribution is 7.18. The SMILES string of the molecule is CCc1nc2sc3c(c2c(=O)n1CCC(C)C)C(C(=O)O)CCC3. The van der Waals surface area contributed by atoms with Crippen molar-refractivity contribution in [2.24, 2.45) is 5.92 Å². The van der Waals surface area contributed by atoms with Gasteiger partial charge in [-0.1, -0.05) is 20.8 Å². The molecule has 0 radical (unpaired) electrons. The van der Waals surface area contributed by atoms with E-state index in [1.807, 2.05) is 6.92 Å². The molecule has 0 amide bonds. The third kappa shape index (κ3) is 2.88. The van der Waals surface area contributed by atoms with Crippen molar-refractivity contribution in [1.82, 2.24) is 9.55 Å². The number of hydrogen-bond acceptors (Lipinski definition) is 4. The maximum absolute atomic E-state index is 13.2. The van der Waals surface area contributed by atoms with Gasteiger partial charge in [-0.05, 0) is 37.2 Å². The average molecular weight is 348 g/mol. The summed E-state index contributed by atoms with van der Waals surface area (Å²) < 4.78 is 1.77. The number of carbonyl (C=O) groups is 1. The van der Waals surface area contributed by atoms with E-state index >= 15 is 0 Å². The van der Waals surface area contributed by atoms with Gasteiger partial charge in [0.05, 0.1) is 11.3 Å². The van der Waals surface area contributed by atoms with E-state index in [1.54, 1.807) is 4.57 Å². The Kier molecular flexibility index (Phi) is 4.76. The molecule has 3 rings (SSSR count). The maximum Gasteiger partial charge on any atom is 0.311 e. The first-order chi connectivity index (χ1) is 11.4. The molecule has 130 valence electrons. The second-order valence-corrected chi connectivity index (χ2v) is 8.01. The van der Waals surface area contributed by atoms with E-state index in [0.29, 0.717) is 30.7 Å². The third-order valence-electron chi connectivity index (χ3n) is 4.79. The van der Waals surface area contributed by atoms with Crippen LogP contribution in [0.3, 0.4) is 0 Å². The fourth-order valence-electron chi connectivity index (χ4n) is 3.49. The van der Waals surface area contributed by atoms with E-state index in [2.05, 4.69) is 13.8 Å². The molecule has 0 saturated heterocycles. The lowest BCUT2D eigenvalue weighted by molar-refractivity contribution is -0.139. The molecule has 0 aromatic carbocycles. The van der Waals surface area contributed by atoms with Crippen molar-refractivity contribution in [3.05, 3.63) is 26.6 Å².